The number of amides is 1. The van der Waals surface area contributed by atoms with Gasteiger partial charge in [-0.25, -0.2) is 4.79 Å². The zero-order chi connectivity index (χ0) is 20.9. The second-order valence-corrected chi connectivity index (χ2v) is 8.62. The Balaban J connectivity index is 1.72. The topological polar surface area (TPSA) is 104 Å². The first-order valence-electron chi connectivity index (χ1n) is 9.54. The summed E-state index contributed by atoms with van der Waals surface area (Å²) in [6.07, 6.45) is -0.479. The summed E-state index contributed by atoms with van der Waals surface area (Å²) in [5.74, 6) is 1.26. The molecule has 0 spiro atoms. The van der Waals surface area contributed by atoms with E-state index >= 15 is 0 Å². The number of morpholine rings is 1. The van der Waals surface area contributed by atoms with Crippen LogP contribution in [0.3, 0.4) is 0 Å². The predicted octanol–water partition coefficient (Wildman–Crippen LogP) is 3.08. The van der Waals surface area contributed by atoms with Gasteiger partial charge in [0.15, 0.2) is 5.82 Å². The van der Waals surface area contributed by atoms with Crippen molar-refractivity contribution in [1.82, 2.24) is 20.5 Å². The molecule has 0 saturated carbocycles. The first kappa shape index (κ1) is 21.4. The quantitative estimate of drug-likeness (QED) is 0.600. The van der Waals surface area contributed by atoms with Gasteiger partial charge in [0.1, 0.15) is 11.6 Å². The van der Waals surface area contributed by atoms with Crippen LogP contribution in [0.1, 0.15) is 32.6 Å². The third-order valence-corrected chi connectivity index (χ3v) is 4.68. The van der Waals surface area contributed by atoms with Gasteiger partial charge in [-0.15, -0.1) is 5.10 Å². The van der Waals surface area contributed by atoms with Gasteiger partial charge in [-0.1, -0.05) is 15.9 Å². The number of benzene rings is 1. The Hall–Kier alpha value is -2.33. The van der Waals surface area contributed by atoms with E-state index in [1.807, 2.05) is 45.0 Å². The van der Waals surface area contributed by atoms with Crippen molar-refractivity contribution < 1.29 is 14.3 Å². The summed E-state index contributed by atoms with van der Waals surface area (Å²) in [6.45, 7) is 8.58. The van der Waals surface area contributed by atoms with Crippen LogP contribution < -0.4 is 15.5 Å². The van der Waals surface area contributed by atoms with Crippen LogP contribution in [0.5, 0.6) is 0 Å². The van der Waals surface area contributed by atoms with Crippen molar-refractivity contribution in [2.75, 3.05) is 43.1 Å². The zero-order valence-corrected chi connectivity index (χ0v) is 18.5. The third kappa shape index (κ3) is 6.60. The van der Waals surface area contributed by atoms with Gasteiger partial charge < -0.3 is 25.0 Å². The number of H-pyrrole nitrogens is 1. The monoisotopic (exact) mass is 466 g/mol. The molecule has 158 valence electrons. The molecule has 2 heterocycles. The number of carbonyl (C=O) groups is 1. The molecule has 1 aromatic carbocycles. The number of rotatable bonds is 6. The molecule has 9 nitrogen and oxygen atoms in total. The van der Waals surface area contributed by atoms with Crippen molar-refractivity contribution in [2.24, 2.45) is 0 Å². The molecule has 2 aromatic rings. The molecule has 1 aliphatic heterocycles. The third-order valence-electron chi connectivity index (χ3n) is 4.15. The van der Waals surface area contributed by atoms with Crippen LogP contribution in [0, 0.1) is 0 Å². The smallest absolute Gasteiger partial charge is 0.407 e. The fourth-order valence-electron chi connectivity index (χ4n) is 2.79. The van der Waals surface area contributed by atoms with Crippen LogP contribution in [0.25, 0.3) is 0 Å². The molecule has 1 aromatic heterocycles. The maximum Gasteiger partial charge on any atom is 0.407 e. The van der Waals surface area contributed by atoms with Crippen molar-refractivity contribution in [3.8, 4) is 0 Å². The minimum atomic E-state index is -0.561. The van der Waals surface area contributed by atoms with E-state index in [1.165, 1.54) is 0 Å². The summed E-state index contributed by atoms with van der Waals surface area (Å²) in [7, 11) is 0. The SMILES string of the molecule is CC(C)(C)OC(=O)NCC(Nc1ccc(Br)cc1)c1nc(N2CCOCC2)n[nH]1. The second kappa shape index (κ2) is 9.45. The van der Waals surface area contributed by atoms with E-state index in [0.29, 0.717) is 25.0 Å². The van der Waals surface area contributed by atoms with E-state index in [9.17, 15) is 4.79 Å². The van der Waals surface area contributed by atoms with Gasteiger partial charge in [0.05, 0.1) is 13.2 Å². The zero-order valence-electron chi connectivity index (χ0n) is 16.9. The number of nitrogens with zero attached hydrogens (tertiary/aromatic N) is 3. The summed E-state index contributed by atoms with van der Waals surface area (Å²) in [4.78, 5) is 18.8. The molecule has 1 atom stereocenters. The van der Waals surface area contributed by atoms with Gasteiger partial charge in [-0.05, 0) is 45.0 Å². The highest BCUT2D eigenvalue weighted by Crippen LogP contribution is 2.21. The number of hydrogen-bond acceptors (Lipinski definition) is 7. The molecule has 0 aliphatic carbocycles. The number of aromatic nitrogens is 3. The molecule has 1 saturated heterocycles. The first-order valence-corrected chi connectivity index (χ1v) is 10.3. The van der Waals surface area contributed by atoms with E-state index < -0.39 is 11.7 Å². The summed E-state index contributed by atoms with van der Waals surface area (Å²) in [5.41, 5.74) is 0.336. The standard InChI is InChI=1S/C19H27BrN6O3/c1-19(2,3)29-18(27)21-12-15(22-14-6-4-13(20)5-7-14)16-23-17(25-24-16)26-8-10-28-11-9-26/h4-7,15,22H,8-12H2,1-3H3,(H,21,27)(H,23,24,25). The van der Waals surface area contributed by atoms with Crippen molar-refractivity contribution in [2.45, 2.75) is 32.4 Å². The summed E-state index contributed by atoms with van der Waals surface area (Å²) in [6, 6.07) is 7.47. The normalized spacial score (nSPS) is 15.7. The predicted molar refractivity (Wildman–Crippen MR) is 114 cm³/mol. The molecule has 0 radical (unpaired) electrons. The van der Waals surface area contributed by atoms with E-state index in [2.05, 4.69) is 46.6 Å². The van der Waals surface area contributed by atoms with E-state index in [1.54, 1.807) is 0 Å². The number of ether oxygens (including phenoxy) is 2. The van der Waals surface area contributed by atoms with Crippen LogP contribution in [0.4, 0.5) is 16.4 Å². The molecule has 1 amide bonds. The molecule has 29 heavy (non-hydrogen) atoms. The lowest BCUT2D eigenvalue weighted by atomic mass is 10.2. The van der Waals surface area contributed by atoms with Gasteiger partial charge in [-0.2, -0.15) is 4.98 Å². The number of aromatic amines is 1. The fourth-order valence-corrected chi connectivity index (χ4v) is 3.05. The summed E-state index contributed by atoms with van der Waals surface area (Å²) in [5, 5.41) is 13.5. The largest absolute Gasteiger partial charge is 0.444 e. The average molecular weight is 467 g/mol. The van der Waals surface area contributed by atoms with Crippen molar-refractivity contribution in [1.29, 1.82) is 0 Å². The number of carbonyl (C=O) groups excluding carboxylic acids is 1. The molecule has 1 fully saturated rings. The molecule has 1 aliphatic rings. The molecule has 3 rings (SSSR count). The Morgan fingerprint density at radius 1 is 1.31 bits per heavy atom. The number of alkyl carbamates (subject to hydrolysis) is 1. The van der Waals surface area contributed by atoms with Crippen LogP contribution in [0.2, 0.25) is 0 Å². The van der Waals surface area contributed by atoms with Crippen LogP contribution >= 0.6 is 15.9 Å². The van der Waals surface area contributed by atoms with Gasteiger partial charge in [0.25, 0.3) is 0 Å². The first-order chi connectivity index (χ1) is 13.8. The summed E-state index contributed by atoms with van der Waals surface area (Å²) < 4.78 is 11.7. The maximum absolute atomic E-state index is 12.1. The van der Waals surface area contributed by atoms with Crippen molar-refractivity contribution in [3.63, 3.8) is 0 Å². The lowest BCUT2D eigenvalue weighted by molar-refractivity contribution is 0.0525. The summed E-state index contributed by atoms with van der Waals surface area (Å²) >= 11 is 3.44. The molecule has 1 unspecified atom stereocenters. The highest BCUT2D eigenvalue weighted by atomic mass is 79.9. The number of nitrogens with one attached hydrogen (secondary N) is 3. The van der Waals surface area contributed by atoms with Gasteiger partial charge >= 0.3 is 6.09 Å². The Bertz CT molecular complexity index is 799. The van der Waals surface area contributed by atoms with Gasteiger partial charge in [0, 0.05) is 29.8 Å². The number of halogens is 1. The minimum absolute atomic E-state index is 0.280. The molecule has 10 heteroatoms. The molecular formula is C19H27BrN6O3. The van der Waals surface area contributed by atoms with E-state index in [0.717, 1.165) is 23.2 Å². The average Bonchev–Trinajstić information content (AvgIpc) is 3.16. The Morgan fingerprint density at radius 2 is 2.00 bits per heavy atom. The van der Waals surface area contributed by atoms with Crippen LogP contribution in [0.15, 0.2) is 28.7 Å². The Morgan fingerprint density at radius 3 is 2.66 bits per heavy atom. The molecule has 0 bridgehead atoms. The van der Waals surface area contributed by atoms with E-state index in [4.69, 9.17) is 9.47 Å². The van der Waals surface area contributed by atoms with Crippen LogP contribution in [-0.2, 0) is 9.47 Å². The highest BCUT2D eigenvalue weighted by molar-refractivity contribution is 9.10. The van der Waals surface area contributed by atoms with Gasteiger partial charge in [-0.3, -0.25) is 5.10 Å². The maximum atomic E-state index is 12.1. The van der Waals surface area contributed by atoms with E-state index in [-0.39, 0.29) is 12.6 Å². The fraction of sp³-hybridized carbons (Fsp3) is 0.526. The van der Waals surface area contributed by atoms with Crippen molar-refractivity contribution >= 4 is 33.7 Å². The highest BCUT2D eigenvalue weighted by Gasteiger charge is 2.22. The van der Waals surface area contributed by atoms with Gasteiger partial charge in [0.2, 0.25) is 5.95 Å². The Kier molecular flexibility index (Phi) is 6.96. The second-order valence-electron chi connectivity index (χ2n) is 7.71. The van der Waals surface area contributed by atoms with Crippen LogP contribution in [-0.4, -0.2) is 59.7 Å². The molecular weight excluding hydrogens is 440 g/mol. The Labute approximate surface area is 178 Å². The lowest BCUT2D eigenvalue weighted by Gasteiger charge is -2.25. The lowest BCUT2D eigenvalue weighted by Crippen LogP contribution is -2.37. The molecule has 3 N–H and O–H groups in total. The number of hydrogen-bond donors (Lipinski definition) is 3. The number of anilines is 2. The van der Waals surface area contributed by atoms with Crippen molar-refractivity contribution in [3.05, 3.63) is 34.6 Å². The minimum Gasteiger partial charge on any atom is -0.444 e.